The molecular weight excluding hydrogens is 470 g/mol. The topological polar surface area (TPSA) is 166 Å². The van der Waals surface area contributed by atoms with Gasteiger partial charge in [0.25, 0.3) is 0 Å². The molecule has 0 saturated carbocycles. The predicted octanol–water partition coefficient (Wildman–Crippen LogP) is 2.78. The van der Waals surface area contributed by atoms with Crippen LogP contribution in [0.2, 0.25) is 0 Å². The summed E-state index contributed by atoms with van der Waals surface area (Å²) in [5.74, 6) is -0.825. The second-order valence-corrected chi connectivity index (χ2v) is 9.19. The van der Waals surface area contributed by atoms with Crippen molar-refractivity contribution in [3.8, 4) is 17.3 Å². The van der Waals surface area contributed by atoms with Gasteiger partial charge < -0.3 is 29.7 Å². The molecule has 0 spiro atoms. The molecule has 1 aliphatic rings. The minimum Gasteiger partial charge on any atom is -0.506 e. The number of esters is 1. The van der Waals surface area contributed by atoms with Crippen LogP contribution in [-0.4, -0.2) is 56.5 Å². The number of nitrogens with zero attached hydrogens (tertiary/aromatic N) is 3. The zero-order chi connectivity index (χ0) is 26.3. The SMILES string of the molecule is CCOC(=O)C1=C(NC(=O)C(Cc2nc(-c3ccc(O)cn3)no2)NC(=O)OC(C)(C)C)CCCC1. The number of ether oxygens (including phenoxy) is 2. The van der Waals surface area contributed by atoms with E-state index in [1.807, 2.05) is 0 Å². The summed E-state index contributed by atoms with van der Waals surface area (Å²) in [6.07, 6.45) is 2.90. The molecule has 0 fully saturated rings. The van der Waals surface area contributed by atoms with Crippen LogP contribution < -0.4 is 10.6 Å². The average Bonchev–Trinajstić information content (AvgIpc) is 3.27. The van der Waals surface area contributed by atoms with Gasteiger partial charge in [-0.1, -0.05) is 5.16 Å². The lowest BCUT2D eigenvalue weighted by molar-refractivity contribution is -0.138. The molecule has 1 unspecified atom stereocenters. The molecule has 1 atom stereocenters. The molecule has 2 aromatic heterocycles. The minimum atomic E-state index is -1.14. The van der Waals surface area contributed by atoms with Crippen LogP contribution in [-0.2, 0) is 25.5 Å². The number of rotatable bonds is 8. The summed E-state index contributed by atoms with van der Waals surface area (Å²) in [6, 6.07) is 1.80. The number of hydrogen-bond acceptors (Lipinski definition) is 10. The second-order valence-electron chi connectivity index (χ2n) is 9.19. The Morgan fingerprint density at radius 2 is 1.94 bits per heavy atom. The van der Waals surface area contributed by atoms with Crippen molar-refractivity contribution in [1.29, 1.82) is 0 Å². The Morgan fingerprint density at radius 1 is 1.19 bits per heavy atom. The monoisotopic (exact) mass is 501 g/mol. The normalized spacial score (nSPS) is 14.7. The van der Waals surface area contributed by atoms with E-state index in [9.17, 15) is 19.5 Å². The van der Waals surface area contributed by atoms with Crippen molar-refractivity contribution < 1.29 is 33.5 Å². The smallest absolute Gasteiger partial charge is 0.408 e. The molecule has 1 aliphatic carbocycles. The minimum absolute atomic E-state index is 0.0139. The second kappa shape index (κ2) is 11.6. The molecule has 36 heavy (non-hydrogen) atoms. The summed E-state index contributed by atoms with van der Waals surface area (Å²) in [5.41, 5.74) is 0.470. The van der Waals surface area contributed by atoms with Gasteiger partial charge in [0, 0.05) is 5.70 Å². The zero-order valence-electron chi connectivity index (χ0n) is 20.8. The Morgan fingerprint density at radius 3 is 2.61 bits per heavy atom. The van der Waals surface area contributed by atoms with E-state index in [1.54, 1.807) is 27.7 Å². The van der Waals surface area contributed by atoms with Gasteiger partial charge in [-0.2, -0.15) is 4.98 Å². The van der Waals surface area contributed by atoms with E-state index >= 15 is 0 Å². The van der Waals surface area contributed by atoms with Crippen LogP contribution in [0.1, 0.15) is 59.3 Å². The maximum Gasteiger partial charge on any atom is 0.408 e. The van der Waals surface area contributed by atoms with E-state index in [-0.39, 0.29) is 30.5 Å². The van der Waals surface area contributed by atoms with Crippen molar-refractivity contribution in [1.82, 2.24) is 25.8 Å². The van der Waals surface area contributed by atoms with E-state index in [2.05, 4.69) is 25.8 Å². The van der Waals surface area contributed by atoms with Crippen LogP contribution in [0.15, 0.2) is 34.1 Å². The highest BCUT2D eigenvalue weighted by Crippen LogP contribution is 2.24. The number of nitrogens with one attached hydrogen (secondary N) is 2. The quantitative estimate of drug-likeness (QED) is 0.458. The highest BCUT2D eigenvalue weighted by atomic mass is 16.6. The number of aromatic hydroxyl groups is 1. The zero-order valence-corrected chi connectivity index (χ0v) is 20.8. The Balaban J connectivity index is 1.81. The molecule has 12 nitrogen and oxygen atoms in total. The standard InChI is InChI=1S/C24H31N5O7/c1-5-34-22(32)15-8-6-7-9-16(15)26-21(31)18(27-23(33)35-24(2,3)4)12-19-28-20(29-36-19)17-11-10-14(30)13-25-17/h10-11,13,18,30H,5-9,12H2,1-4H3,(H,26,31)(H,27,33). The number of alkyl carbamates (subject to hydrolysis) is 1. The molecule has 2 aromatic rings. The fourth-order valence-electron chi connectivity index (χ4n) is 3.52. The third-order valence-electron chi connectivity index (χ3n) is 5.10. The van der Waals surface area contributed by atoms with Crippen LogP contribution in [0.3, 0.4) is 0 Å². The van der Waals surface area contributed by atoms with Gasteiger partial charge >= 0.3 is 12.1 Å². The van der Waals surface area contributed by atoms with Gasteiger partial charge in [0.1, 0.15) is 23.1 Å². The Kier molecular flexibility index (Phi) is 8.62. The lowest BCUT2D eigenvalue weighted by Gasteiger charge is -2.24. The van der Waals surface area contributed by atoms with Crippen LogP contribution in [0, 0.1) is 0 Å². The van der Waals surface area contributed by atoms with Crippen LogP contribution in [0.4, 0.5) is 4.79 Å². The number of carbonyl (C=O) groups excluding carboxylic acids is 3. The Bertz CT molecular complexity index is 1120. The van der Waals surface area contributed by atoms with Crippen LogP contribution in [0.5, 0.6) is 5.75 Å². The summed E-state index contributed by atoms with van der Waals surface area (Å²) < 4.78 is 15.7. The number of amides is 2. The average molecular weight is 502 g/mol. The van der Waals surface area contributed by atoms with Crippen LogP contribution >= 0.6 is 0 Å². The van der Waals surface area contributed by atoms with Crippen molar-refractivity contribution in [2.24, 2.45) is 0 Å². The first kappa shape index (κ1) is 26.6. The molecule has 0 saturated heterocycles. The number of pyridine rings is 1. The molecule has 2 amide bonds. The first-order valence-electron chi connectivity index (χ1n) is 11.7. The van der Waals surface area contributed by atoms with Gasteiger partial charge in [0.2, 0.25) is 17.6 Å². The molecule has 194 valence electrons. The first-order chi connectivity index (χ1) is 17.1. The predicted molar refractivity (Wildman–Crippen MR) is 126 cm³/mol. The third kappa shape index (κ3) is 7.52. The van der Waals surface area contributed by atoms with Gasteiger partial charge in [0.15, 0.2) is 0 Å². The molecular formula is C24H31N5O7. The van der Waals surface area contributed by atoms with Crippen molar-refractivity contribution in [3.05, 3.63) is 35.5 Å². The van der Waals surface area contributed by atoms with E-state index in [4.69, 9.17) is 14.0 Å². The number of aromatic nitrogens is 3. The molecule has 12 heteroatoms. The number of hydrogen-bond donors (Lipinski definition) is 3. The molecule has 3 rings (SSSR count). The fourth-order valence-corrected chi connectivity index (χ4v) is 3.52. The van der Waals surface area contributed by atoms with Crippen molar-refractivity contribution in [3.63, 3.8) is 0 Å². The Labute approximate surface area is 208 Å². The maximum atomic E-state index is 13.3. The lowest BCUT2D eigenvalue weighted by atomic mass is 9.96. The first-order valence-corrected chi connectivity index (χ1v) is 11.7. The molecule has 3 N–H and O–H groups in total. The highest BCUT2D eigenvalue weighted by Gasteiger charge is 2.29. The van der Waals surface area contributed by atoms with Crippen LogP contribution in [0.25, 0.3) is 11.5 Å². The summed E-state index contributed by atoms with van der Waals surface area (Å²) >= 11 is 0. The van der Waals surface area contributed by atoms with Gasteiger partial charge in [-0.15, -0.1) is 0 Å². The van der Waals surface area contributed by atoms with Gasteiger partial charge in [-0.3, -0.25) is 4.79 Å². The largest absolute Gasteiger partial charge is 0.506 e. The van der Waals surface area contributed by atoms with E-state index in [1.165, 1.54) is 18.3 Å². The maximum absolute atomic E-state index is 13.3. The van der Waals surface area contributed by atoms with Crippen molar-refractivity contribution >= 4 is 18.0 Å². The summed E-state index contributed by atoms with van der Waals surface area (Å²) in [7, 11) is 0. The molecule has 0 aromatic carbocycles. The lowest BCUT2D eigenvalue weighted by Crippen LogP contribution is -2.49. The Hall–Kier alpha value is -3.96. The van der Waals surface area contributed by atoms with Gasteiger partial charge in [-0.05, 0) is 65.5 Å². The molecule has 0 aliphatic heterocycles. The fraction of sp³-hybridized carbons (Fsp3) is 0.500. The number of allylic oxidation sites excluding steroid dienone is 1. The van der Waals surface area contributed by atoms with Gasteiger partial charge in [0.05, 0.1) is 24.8 Å². The van der Waals surface area contributed by atoms with Crippen molar-refractivity contribution in [2.75, 3.05) is 6.61 Å². The molecule has 0 radical (unpaired) electrons. The third-order valence-corrected chi connectivity index (χ3v) is 5.10. The van der Waals surface area contributed by atoms with E-state index in [0.717, 1.165) is 12.8 Å². The number of carbonyl (C=O) groups is 3. The highest BCUT2D eigenvalue weighted by molar-refractivity contribution is 5.92. The summed E-state index contributed by atoms with van der Waals surface area (Å²) in [5, 5.41) is 18.6. The summed E-state index contributed by atoms with van der Waals surface area (Å²) in [6.45, 7) is 7.05. The molecule has 0 bridgehead atoms. The van der Waals surface area contributed by atoms with E-state index in [0.29, 0.717) is 29.8 Å². The molecule has 2 heterocycles. The summed E-state index contributed by atoms with van der Waals surface area (Å²) in [4.78, 5) is 46.4. The van der Waals surface area contributed by atoms with E-state index < -0.39 is 29.6 Å². The van der Waals surface area contributed by atoms with Crippen molar-refractivity contribution in [2.45, 2.75) is 71.4 Å². The van der Waals surface area contributed by atoms with Gasteiger partial charge in [-0.25, -0.2) is 14.6 Å².